The Morgan fingerprint density at radius 3 is 1.20 bits per heavy atom. The van der Waals surface area contributed by atoms with Crippen molar-refractivity contribution in [1.82, 2.24) is 0 Å². The molecule has 0 amide bonds. The van der Waals surface area contributed by atoms with Gasteiger partial charge in [-0.15, -0.1) is 0 Å². The average molecular weight is 1160 g/mol. The SMILES string of the molecule is O=C(c1ccc2c(c1)C1(c3ccccc3-c3ccccc31)c1ccccc1-2)c1ccc2c(c1)C1(c3ccccc3-c3ccccc31)c1cccc(-c3cc(-c4ccc5cc(-c6cccc(-c7cc8ccccc8c8ccccc78)c6)ccc5c4)cc4ccccc34)c1-2. The largest absolute Gasteiger partial charge is 0.289 e. The number of rotatable bonds is 6. The number of hydrogen-bond acceptors (Lipinski definition) is 1. The van der Waals surface area contributed by atoms with E-state index in [9.17, 15) is 0 Å². The molecule has 0 aliphatic heterocycles. The summed E-state index contributed by atoms with van der Waals surface area (Å²) in [5.74, 6) is 0.0116. The molecule has 0 N–H and O–H groups in total. The summed E-state index contributed by atoms with van der Waals surface area (Å²) in [7, 11) is 0. The average Bonchev–Trinajstić information content (AvgIpc) is 1.51. The fourth-order valence-electron chi connectivity index (χ4n) is 17.4. The summed E-state index contributed by atoms with van der Waals surface area (Å²) in [6.07, 6.45) is 0. The molecule has 4 aliphatic carbocycles. The predicted octanol–water partition coefficient (Wildman–Crippen LogP) is 22.9. The highest BCUT2D eigenvalue weighted by atomic mass is 16.1. The summed E-state index contributed by atoms with van der Waals surface area (Å²) in [6, 6.07) is 121. The molecule has 2 spiro atoms. The molecule has 0 heterocycles. The summed E-state index contributed by atoms with van der Waals surface area (Å²) in [6.45, 7) is 0. The van der Waals surface area contributed by atoms with Crippen molar-refractivity contribution >= 4 is 48.9 Å². The Kier molecular flexibility index (Phi) is 10.6. The van der Waals surface area contributed by atoms with Crippen molar-refractivity contribution in [2.24, 2.45) is 0 Å². The standard InChI is InChI=1S/C91H54O/c92-89(63-43-45-75-74-31-11-14-35-82(74)90(86(75)53-63)80-33-12-7-27-70(80)71-28-8-13-34-81(71)90)64-44-46-77-87(54-64)91(83-36-15-9-29-72(83)73-30-10-16-37-84(73)91)85-38-18-32-76(88(77)85)79-52-65(50-60-19-1-4-24-67(60)79)59-42-41-57-47-56(39-40-58(57)48-59)55-21-17-22-61(49-55)78-51-62-20-2-3-23-66(62)68-25-5-6-26-69(68)78/h1-54H. The van der Waals surface area contributed by atoms with Gasteiger partial charge in [0.1, 0.15) is 0 Å². The van der Waals surface area contributed by atoms with Gasteiger partial charge in [0.25, 0.3) is 0 Å². The molecule has 0 atom stereocenters. The van der Waals surface area contributed by atoms with Crippen molar-refractivity contribution < 1.29 is 4.79 Å². The van der Waals surface area contributed by atoms with Crippen LogP contribution in [0, 0.1) is 0 Å². The van der Waals surface area contributed by atoms with Crippen molar-refractivity contribution in [2.45, 2.75) is 10.8 Å². The number of carbonyl (C=O) groups excluding carboxylic acids is 1. The topological polar surface area (TPSA) is 17.1 Å². The normalized spacial score (nSPS) is 13.7. The van der Waals surface area contributed by atoms with Crippen LogP contribution in [0.15, 0.2) is 328 Å². The second-order valence-corrected chi connectivity index (χ2v) is 25.6. The molecule has 0 fully saturated rings. The van der Waals surface area contributed by atoms with Gasteiger partial charge in [0.05, 0.1) is 10.8 Å². The number of benzene rings is 16. The van der Waals surface area contributed by atoms with E-state index in [0.717, 1.165) is 27.8 Å². The Balaban J connectivity index is 0.720. The lowest BCUT2D eigenvalue weighted by Gasteiger charge is -2.31. The summed E-state index contributed by atoms with van der Waals surface area (Å²) < 4.78 is 0. The first-order valence-electron chi connectivity index (χ1n) is 32.1. The third-order valence-electron chi connectivity index (χ3n) is 21.2. The zero-order valence-corrected chi connectivity index (χ0v) is 50.1. The van der Waals surface area contributed by atoms with Gasteiger partial charge in [-0.25, -0.2) is 0 Å². The molecular weight excluding hydrogens is 1110 g/mol. The van der Waals surface area contributed by atoms with Crippen LogP contribution in [0.2, 0.25) is 0 Å². The van der Waals surface area contributed by atoms with Gasteiger partial charge in [-0.1, -0.05) is 279 Å². The zero-order chi connectivity index (χ0) is 60.4. The smallest absolute Gasteiger partial charge is 0.193 e. The van der Waals surface area contributed by atoms with Crippen molar-refractivity contribution in [3.8, 4) is 89.0 Å². The number of carbonyl (C=O) groups is 1. The first-order valence-corrected chi connectivity index (χ1v) is 32.1. The van der Waals surface area contributed by atoms with Gasteiger partial charge in [0, 0.05) is 11.1 Å². The highest BCUT2D eigenvalue weighted by Gasteiger charge is 2.54. The molecule has 4 aliphatic rings. The molecule has 16 aromatic carbocycles. The summed E-state index contributed by atoms with van der Waals surface area (Å²) >= 11 is 0. The Labute approximate surface area is 533 Å². The van der Waals surface area contributed by atoms with E-state index >= 15 is 4.79 Å². The van der Waals surface area contributed by atoms with Crippen LogP contribution in [-0.4, -0.2) is 5.78 Å². The van der Waals surface area contributed by atoms with E-state index in [1.807, 2.05) is 0 Å². The maximum absolute atomic E-state index is 15.9. The van der Waals surface area contributed by atoms with Crippen LogP contribution >= 0.6 is 0 Å². The van der Waals surface area contributed by atoms with E-state index < -0.39 is 10.8 Å². The third-order valence-corrected chi connectivity index (χ3v) is 21.2. The minimum Gasteiger partial charge on any atom is -0.289 e. The number of fused-ring (bicyclic) bond motifs is 25. The Hall–Kier alpha value is -11.8. The van der Waals surface area contributed by atoms with Crippen LogP contribution in [0.3, 0.4) is 0 Å². The van der Waals surface area contributed by atoms with Crippen molar-refractivity contribution in [2.75, 3.05) is 0 Å². The Bertz CT molecular complexity index is 5820. The molecular formula is C91H54O. The minimum absolute atomic E-state index is 0.0116. The van der Waals surface area contributed by atoms with Crippen LogP contribution < -0.4 is 0 Å². The lowest BCUT2D eigenvalue weighted by molar-refractivity contribution is 0.103. The molecule has 0 radical (unpaired) electrons. The molecule has 1 nitrogen and oxygen atoms in total. The van der Waals surface area contributed by atoms with Crippen molar-refractivity contribution in [3.63, 3.8) is 0 Å². The highest BCUT2D eigenvalue weighted by molar-refractivity contribution is 6.15. The van der Waals surface area contributed by atoms with E-state index in [2.05, 4.69) is 328 Å². The van der Waals surface area contributed by atoms with Gasteiger partial charge in [-0.3, -0.25) is 4.79 Å². The van der Waals surface area contributed by atoms with Gasteiger partial charge in [0.15, 0.2) is 5.78 Å². The lowest BCUT2D eigenvalue weighted by atomic mass is 9.70. The third kappa shape index (κ3) is 6.89. The van der Waals surface area contributed by atoms with Crippen LogP contribution in [0.4, 0.5) is 0 Å². The molecule has 0 saturated carbocycles. The van der Waals surface area contributed by atoms with Gasteiger partial charge in [-0.2, -0.15) is 0 Å². The molecule has 424 valence electrons. The maximum Gasteiger partial charge on any atom is 0.193 e. The van der Waals surface area contributed by atoms with Crippen LogP contribution in [-0.2, 0) is 10.8 Å². The quantitative estimate of drug-likeness (QED) is 0.120. The van der Waals surface area contributed by atoms with Gasteiger partial charge in [-0.05, 0) is 225 Å². The maximum atomic E-state index is 15.9. The monoisotopic (exact) mass is 1160 g/mol. The summed E-state index contributed by atoms with van der Waals surface area (Å²) in [5, 5.41) is 9.83. The molecule has 0 bridgehead atoms. The second-order valence-electron chi connectivity index (χ2n) is 25.6. The minimum atomic E-state index is -0.693. The van der Waals surface area contributed by atoms with Gasteiger partial charge in [0.2, 0.25) is 0 Å². The van der Waals surface area contributed by atoms with E-state index in [-0.39, 0.29) is 5.78 Å². The highest BCUT2D eigenvalue weighted by Crippen LogP contribution is 2.66. The second kappa shape index (κ2) is 19.1. The van der Waals surface area contributed by atoms with Crippen LogP contribution in [0.25, 0.3) is 132 Å². The van der Waals surface area contributed by atoms with Crippen LogP contribution in [0.1, 0.15) is 60.4 Å². The molecule has 0 aromatic heterocycles. The number of ketones is 1. The molecule has 0 unspecified atom stereocenters. The predicted molar refractivity (Wildman–Crippen MR) is 381 cm³/mol. The first kappa shape index (κ1) is 51.1. The van der Waals surface area contributed by atoms with E-state index in [1.54, 1.807) is 0 Å². The van der Waals surface area contributed by atoms with E-state index in [1.165, 1.54) is 149 Å². The van der Waals surface area contributed by atoms with E-state index in [4.69, 9.17) is 0 Å². The molecule has 0 saturated heterocycles. The van der Waals surface area contributed by atoms with Crippen molar-refractivity contribution in [3.05, 3.63) is 383 Å². The van der Waals surface area contributed by atoms with Crippen LogP contribution in [0.5, 0.6) is 0 Å². The first-order chi connectivity index (χ1) is 45.5. The fraction of sp³-hybridized carbons (Fsp3) is 0.0220. The van der Waals surface area contributed by atoms with Crippen molar-refractivity contribution in [1.29, 1.82) is 0 Å². The molecule has 16 aromatic rings. The summed E-state index contributed by atoms with van der Waals surface area (Å²) in [4.78, 5) is 15.9. The molecule has 92 heavy (non-hydrogen) atoms. The van der Waals surface area contributed by atoms with Gasteiger partial charge >= 0.3 is 0 Å². The Morgan fingerprint density at radius 2 is 0.598 bits per heavy atom. The Morgan fingerprint density at radius 1 is 0.196 bits per heavy atom. The van der Waals surface area contributed by atoms with Gasteiger partial charge < -0.3 is 0 Å². The number of hydrogen-bond donors (Lipinski definition) is 0. The molecule has 1 heteroatoms. The fourth-order valence-corrected chi connectivity index (χ4v) is 17.4. The zero-order valence-electron chi connectivity index (χ0n) is 50.1. The van der Waals surface area contributed by atoms with E-state index in [0.29, 0.717) is 11.1 Å². The lowest BCUT2D eigenvalue weighted by Crippen LogP contribution is -2.26. The summed E-state index contributed by atoms with van der Waals surface area (Å²) in [5.41, 5.74) is 29.1. The molecule has 20 rings (SSSR count).